The molecule has 3 aliphatic rings. The number of hydrogen-bond acceptors (Lipinski definition) is 6. The highest BCUT2D eigenvalue weighted by Gasteiger charge is 2.35. The van der Waals surface area contributed by atoms with Crippen LogP contribution in [-0.2, 0) is 0 Å². The van der Waals surface area contributed by atoms with Crippen molar-refractivity contribution in [2.45, 2.75) is 65.1 Å². The molecule has 4 unspecified atom stereocenters. The predicted molar refractivity (Wildman–Crippen MR) is 142 cm³/mol. The Morgan fingerprint density at radius 3 is 2.14 bits per heavy atom. The molecule has 6 nitrogen and oxygen atoms in total. The fourth-order valence-electron chi connectivity index (χ4n) is 5.99. The van der Waals surface area contributed by atoms with E-state index in [0.29, 0.717) is 41.1 Å². The lowest BCUT2D eigenvalue weighted by molar-refractivity contribution is 0.104. The summed E-state index contributed by atoms with van der Waals surface area (Å²) in [6, 6.07) is 9.74. The van der Waals surface area contributed by atoms with Crippen molar-refractivity contribution in [3.05, 3.63) is 41.5 Å². The first-order valence-electron chi connectivity index (χ1n) is 13.9. The van der Waals surface area contributed by atoms with Gasteiger partial charge in [-0.05, 0) is 57.3 Å². The van der Waals surface area contributed by atoms with Gasteiger partial charge < -0.3 is 24.8 Å². The van der Waals surface area contributed by atoms with Crippen LogP contribution in [0, 0.1) is 11.8 Å². The minimum atomic E-state index is 0.0170. The van der Waals surface area contributed by atoms with Crippen LogP contribution in [-0.4, -0.2) is 50.8 Å². The van der Waals surface area contributed by atoms with Gasteiger partial charge >= 0.3 is 0 Å². The molecule has 2 fully saturated rings. The zero-order valence-corrected chi connectivity index (χ0v) is 21.9. The Balaban J connectivity index is 1.52. The van der Waals surface area contributed by atoms with Crippen molar-refractivity contribution >= 4 is 5.78 Å². The number of benzene rings is 2. The summed E-state index contributed by atoms with van der Waals surface area (Å²) in [6.45, 7) is 11.0. The molecule has 2 aliphatic heterocycles. The van der Waals surface area contributed by atoms with Gasteiger partial charge in [-0.2, -0.15) is 0 Å². The number of rotatable bonds is 11. The topological polar surface area (TPSA) is 68.8 Å². The van der Waals surface area contributed by atoms with E-state index < -0.39 is 0 Å². The molecule has 2 aromatic rings. The Morgan fingerprint density at radius 1 is 0.861 bits per heavy atom. The summed E-state index contributed by atoms with van der Waals surface area (Å²) in [5, 5.41) is 6.90. The van der Waals surface area contributed by atoms with Gasteiger partial charge in [-0.3, -0.25) is 4.79 Å². The Hall–Kier alpha value is -2.57. The van der Waals surface area contributed by atoms with Crippen LogP contribution in [0.15, 0.2) is 30.3 Å². The van der Waals surface area contributed by atoms with Gasteiger partial charge in [0, 0.05) is 53.2 Å². The summed E-state index contributed by atoms with van der Waals surface area (Å²) < 4.78 is 19.4. The molecular weight excluding hydrogens is 452 g/mol. The fraction of sp³-hybridized carbons (Fsp3) is 0.567. The van der Waals surface area contributed by atoms with Crippen LogP contribution in [0.5, 0.6) is 17.2 Å². The summed E-state index contributed by atoms with van der Waals surface area (Å²) in [5.74, 6) is 3.17. The van der Waals surface area contributed by atoms with Crippen LogP contribution in [0.3, 0.4) is 0 Å². The van der Waals surface area contributed by atoms with Gasteiger partial charge in [0.2, 0.25) is 0 Å². The zero-order chi connectivity index (χ0) is 25.1. The third-order valence-electron chi connectivity index (χ3n) is 7.92. The van der Waals surface area contributed by atoms with Crippen LogP contribution >= 0.6 is 0 Å². The number of nitrogens with one attached hydrogen (secondary N) is 2. The smallest absolute Gasteiger partial charge is 0.194 e. The number of ether oxygens (including phenoxy) is 3. The van der Waals surface area contributed by atoms with E-state index in [1.54, 1.807) is 0 Å². The Kier molecular flexibility index (Phi) is 7.82. The normalized spacial score (nSPS) is 22.2. The van der Waals surface area contributed by atoms with Crippen molar-refractivity contribution in [2.24, 2.45) is 11.8 Å². The maximum atomic E-state index is 13.7. The quantitative estimate of drug-likeness (QED) is 0.383. The van der Waals surface area contributed by atoms with Crippen LogP contribution in [0.25, 0.3) is 11.1 Å². The summed E-state index contributed by atoms with van der Waals surface area (Å²) in [4.78, 5) is 13.7. The van der Waals surface area contributed by atoms with Crippen molar-refractivity contribution < 1.29 is 19.0 Å². The molecule has 0 bridgehead atoms. The summed E-state index contributed by atoms with van der Waals surface area (Å²) in [5.41, 5.74) is 3.06. The molecule has 0 amide bonds. The zero-order valence-electron chi connectivity index (χ0n) is 21.9. The highest BCUT2D eigenvalue weighted by atomic mass is 16.5. The molecule has 2 aromatic carbocycles. The van der Waals surface area contributed by atoms with Crippen LogP contribution in [0.4, 0.5) is 0 Å². The molecule has 36 heavy (non-hydrogen) atoms. The molecular formula is C30H40N2O4. The average Bonchev–Trinajstić information content (AvgIpc) is 3.67. The van der Waals surface area contributed by atoms with E-state index in [1.165, 1.54) is 0 Å². The standard InChI is InChI=1S/C30H40N2O4/c1-4-14-34-27-16-21(35-24(5-2)19-10-12-31-17-19)15-23-29(27)28-22(30(23)33)8-7-9-26(28)36-25(6-3)20-11-13-32-18-20/h7-9,15-16,19-20,24-25,31-32H,4-6,10-14,17-18H2,1-3H3. The van der Waals surface area contributed by atoms with E-state index in [0.717, 1.165) is 75.2 Å². The Bertz CT molecular complexity index is 1070. The average molecular weight is 493 g/mol. The van der Waals surface area contributed by atoms with Crippen molar-refractivity contribution in [1.29, 1.82) is 0 Å². The van der Waals surface area contributed by atoms with Gasteiger partial charge in [0.05, 0.1) is 6.61 Å². The van der Waals surface area contributed by atoms with Gasteiger partial charge in [-0.1, -0.05) is 32.9 Å². The number of fused-ring (bicyclic) bond motifs is 3. The third kappa shape index (κ3) is 4.85. The van der Waals surface area contributed by atoms with E-state index in [4.69, 9.17) is 14.2 Å². The SMILES string of the molecule is CCCOc1cc(OC(CC)C2CCNC2)cc2c1-c1c(OC(CC)C3CCNC3)cccc1C2=O. The van der Waals surface area contributed by atoms with Crippen LogP contribution in [0.1, 0.15) is 68.8 Å². The van der Waals surface area contributed by atoms with Crippen molar-refractivity contribution in [3.63, 3.8) is 0 Å². The molecule has 5 rings (SSSR count). The highest BCUT2D eigenvalue weighted by Crippen LogP contribution is 2.49. The van der Waals surface area contributed by atoms with E-state index >= 15 is 0 Å². The number of hydrogen-bond donors (Lipinski definition) is 2. The van der Waals surface area contributed by atoms with E-state index in [9.17, 15) is 4.79 Å². The fourth-order valence-corrected chi connectivity index (χ4v) is 5.99. The van der Waals surface area contributed by atoms with Crippen molar-refractivity contribution in [1.82, 2.24) is 10.6 Å². The molecule has 0 aromatic heterocycles. The lowest BCUT2D eigenvalue weighted by Gasteiger charge is -2.25. The monoisotopic (exact) mass is 492 g/mol. The Morgan fingerprint density at radius 2 is 1.53 bits per heavy atom. The minimum absolute atomic E-state index is 0.0170. The lowest BCUT2D eigenvalue weighted by Crippen LogP contribution is -2.28. The second-order valence-corrected chi connectivity index (χ2v) is 10.3. The maximum Gasteiger partial charge on any atom is 0.194 e. The maximum absolute atomic E-state index is 13.7. The van der Waals surface area contributed by atoms with E-state index in [1.807, 2.05) is 30.3 Å². The Labute approximate surface area is 215 Å². The molecule has 2 N–H and O–H groups in total. The van der Waals surface area contributed by atoms with Crippen molar-refractivity contribution in [3.8, 4) is 28.4 Å². The molecule has 2 saturated heterocycles. The molecule has 0 saturated carbocycles. The molecule has 1 aliphatic carbocycles. The number of carbonyl (C=O) groups excluding carboxylic acids is 1. The second kappa shape index (κ2) is 11.2. The third-order valence-corrected chi connectivity index (χ3v) is 7.92. The lowest BCUT2D eigenvalue weighted by atomic mass is 9.98. The van der Waals surface area contributed by atoms with Crippen molar-refractivity contribution in [2.75, 3.05) is 32.8 Å². The first kappa shape index (κ1) is 25.1. The summed E-state index contributed by atoms with van der Waals surface area (Å²) in [6.07, 6.45) is 5.19. The molecule has 194 valence electrons. The molecule has 0 radical (unpaired) electrons. The van der Waals surface area contributed by atoms with E-state index in [2.05, 4.69) is 31.4 Å². The van der Waals surface area contributed by atoms with Gasteiger partial charge in [0.1, 0.15) is 29.5 Å². The predicted octanol–water partition coefficient (Wildman–Crippen LogP) is 5.22. The van der Waals surface area contributed by atoms with Gasteiger partial charge in [-0.25, -0.2) is 0 Å². The summed E-state index contributed by atoms with van der Waals surface area (Å²) >= 11 is 0. The van der Waals surface area contributed by atoms with Gasteiger partial charge in [0.25, 0.3) is 0 Å². The summed E-state index contributed by atoms with van der Waals surface area (Å²) in [7, 11) is 0. The molecule has 4 atom stereocenters. The number of ketones is 1. The molecule has 0 spiro atoms. The van der Waals surface area contributed by atoms with Gasteiger partial charge in [0.15, 0.2) is 5.78 Å². The van der Waals surface area contributed by atoms with Crippen LogP contribution < -0.4 is 24.8 Å². The van der Waals surface area contributed by atoms with Crippen LogP contribution in [0.2, 0.25) is 0 Å². The largest absolute Gasteiger partial charge is 0.493 e. The minimum Gasteiger partial charge on any atom is -0.493 e. The first-order valence-corrected chi connectivity index (χ1v) is 13.9. The molecule has 6 heteroatoms. The molecule has 2 heterocycles. The first-order chi connectivity index (χ1) is 17.6. The van der Waals surface area contributed by atoms with E-state index in [-0.39, 0.29) is 18.0 Å². The number of carbonyl (C=O) groups is 1. The van der Waals surface area contributed by atoms with Gasteiger partial charge in [-0.15, -0.1) is 0 Å². The second-order valence-electron chi connectivity index (χ2n) is 10.3. The highest BCUT2D eigenvalue weighted by molar-refractivity contribution is 6.23.